The van der Waals surface area contributed by atoms with Crippen molar-refractivity contribution in [1.82, 2.24) is 29.4 Å². The molecule has 6 N–H and O–H groups in total. The van der Waals surface area contributed by atoms with Gasteiger partial charge in [-0.2, -0.15) is 8.42 Å². The van der Waals surface area contributed by atoms with Crippen LogP contribution in [0.1, 0.15) is 22.4 Å². The number of hydrogen-bond donors (Lipinski definition) is 4. The van der Waals surface area contributed by atoms with Crippen LogP contribution in [0.25, 0.3) is 0 Å². The van der Waals surface area contributed by atoms with Crippen molar-refractivity contribution >= 4 is 44.5 Å². The fourth-order valence-corrected chi connectivity index (χ4v) is 4.18. The van der Waals surface area contributed by atoms with Crippen molar-refractivity contribution in [1.29, 1.82) is 0 Å². The lowest BCUT2D eigenvalue weighted by Gasteiger charge is -2.44. The van der Waals surface area contributed by atoms with Gasteiger partial charge in [0.05, 0.1) is 18.3 Å². The first-order valence-corrected chi connectivity index (χ1v) is 10.1. The fraction of sp³-hybridized carbons (Fsp3) is 0.333. The molecule has 0 saturated carbocycles. The fourth-order valence-electron chi connectivity index (χ4n) is 2.72. The van der Waals surface area contributed by atoms with Gasteiger partial charge in [0.15, 0.2) is 5.13 Å². The molecule has 2 aromatic rings. The Labute approximate surface area is 171 Å². The molecule has 0 spiro atoms. The molecule has 0 aliphatic carbocycles. The van der Waals surface area contributed by atoms with Crippen LogP contribution in [-0.4, -0.2) is 66.8 Å². The van der Waals surface area contributed by atoms with Crippen LogP contribution in [-0.2, 0) is 26.4 Å². The van der Waals surface area contributed by atoms with Crippen molar-refractivity contribution in [2.75, 3.05) is 5.73 Å². The number of primary amides is 1. The Balaban J connectivity index is 1.82. The zero-order chi connectivity index (χ0) is 22.2. The summed E-state index contributed by atoms with van der Waals surface area (Å²) in [7, 11) is -4.97. The first kappa shape index (κ1) is 21.2. The SMILES string of the molecule is NC(=O)c1ncn(CC2C(NC(=O)C(N=O)c3csc(N)n3)C(=O)N2S(=O)(=O)O)n1. The number of hydrogen-bond acceptors (Lipinski definition) is 12. The quantitative estimate of drug-likeness (QED) is 0.181. The molecule has 3 amide bonds. The topological polar surface area (TPSA) is 246 Å². The second-order valence-electron chi connectivity index (χ2n) is 5.94. The lowest BCUT2D eigenvalue weighted by atomic mass is 9.98. The zero-order valence-electron chi connectivity index (χ0n) is 14.6. The van der Waals surface area contributed by atoms with Crippen molar-refractivity contribution in [2.24, 2.45) is 10.9 Å². The summed E-state index contributed by atoms with van der Waals surface area (Å²) < 4.78 is 33.4. The summed E-state index contributed by atoms with van der Waals surface area (Å²) in [5.41, 5.74) is 10.4. The largest absolute Gasteiger partial charge is 0.375 e. The number of nitrogen functional groups attached to an aromatic ring is 1. The second kappa shape index (κ2) is 7.72. The van der Waals surface area contributed by atoms with Gasteiger partial charge in [0.1, 0.15) is 12.4 Å². The first-order valence-electron chi connectivity index (χ1n) is 7.86. The number of rotatable bonds is 8. The number of aromatic nitrogens is 4. The molecular weight excluding hydrogens is 446 g/mol. The van der Waals surface area contributed by atoms with E-state index in [9.17, 15) is 32.3 Å². The average molecular weight is 459 g/mol. The Hall–Kier alpha value is -3.51. The molecule has 3 atom stereocenters. The monoisotopic (exact) mass is 459 g/mol. The van der Waals surface area contributed by atoms with Crippen LogP contribution in [0.3, 0.4) is 0 Å². The highest BCUT2D eigenvalue weighted by Crippen LogP contribution is 2.27. The maximum atomic E-state index is 12.4. The highest BCUT2D eigenvalue weighted by molar-refractivity contribution is 7.84. The molecule has 160 valence electrons. The number of nitrogens with two attached hydrogens (primary N) is 2. The molecule has 0 radical (unpaired) electrons. The van der Waals surface area contributed by atoms with E-state index >= 15 is 0 Å². The molecule has 1 aliphatic rings. The molecule has 16 nitrogen and oxygen atoms in total. The Morgan fingerprint density at radius 2 is 2.13 bits per heavy atom. The number of carbonyl (C=O) groups is 3. The molecule has 1 fully saturated rings. The summed E-state index contributed by atoms with van der Waals surface area (Å²) in [6.07, 6.45) is 1.04. The third-order valence-corrected chi connectivity index (χ3v) is 5.66. The van der Waals surface area contributed by atoms with E-state index in [1.807, 2.05) is 0 Å². The maximum Gasteiger partial charge on any atom is 0.362 e. The van der Waals surface area contributed by atoms with Gasteiger partial charge in [-0.1, -0.05) is 0 Å². The number of anilines is 1. The predicted octanol–water partition coefficient (Wildman–Crippen LogP) is -2.58. The van der Waals surface area contributed by atoms with Gasteiger partial charge >= 0.3 is 10.3 Å². The summed E-state index contributed by atoms with van der Waals surface area (Å²) in [4.78, 5) is 54.2. The van der Waals surface area contributed by atoms with Crippen LogP contribution in [0.15, 0.2) is 16.9 Å². The second-order valence-corrected chi connectivity index (χ2v) is 8.12. The Morgan fingerprint density at radius 3 is 2.63 bits per heavy atom. The van der Waals surface area contributed by atoms with Gasteiger partial charge in [-0.25, -0.2) is 19.0 Å². The van der Waals surface area contributed by atoms with Gasteiger partial charge in [-0.05, 0) is 5.18 Å². The summed E-state index contributed by atoms with van der Waals surface area (Å²) >= 11 is 0.959. The number of β-lactam (4-membered cyclic amide) rings is 1. The van der Waals surface area contributed by atoms with Crippen LogP contribution in [0.5, 0.6) is 0 Å². The van der Waals surface area contributed by atoms with Gasteiger partial charge in [-0.3, -0.25) is 18.9 Å². The van der Waals surface area contributed by atoms with E-state index in [0.29, 0.717) is 0 Å². The van der Waals surface area contributed by atoms with Crippen molar-refractivity contribution in [3.05, 3.63) is 28.1 Å². The highest BCUT2D eigenvalue weighted by atomic mass is 32.2. The van der Waals surface area contributed by atoms with Crippen LogP contribution >= 0.6 is 11.3 Å². The minimum Gasteiger partial charge on any atom is -0.375 e. The molecule has 1 aliphatic heterocycles. The van der Waals surface area contributed by atoms with Crippen molar-refractivity contribution in [3.8, 4) is 0 Å². The number of amides is 3. The van der Waals surface area contributed by atoms with E-state index in [2.05, 4.69) is 25.6 Å². The van der Waals surface area contributed by atoms with Crippen LogP contribution in [0, 0.1) is 4.91 Å². The van der Waals surface area contributed by atoms with Gasteiger partial charge in [0.25, 0.3) is 17.7 Å². The smallest absolute Gasteiger partial charge is 0.362 e. The Morgan fingerprint density at radius 1 is 1.43 bits per heavy atom. The third kappa shape index (κ3) is 3.95. The zero-order valence-corrected chi connectivity index (χ0v) is 16.3. The molecule has 3 rings (SSSR count). The van der Waals surface area contributed by atoms with Crippen molar-refractivity contribution < 1.29 is 27.4 Å². The predicted molar refractivity (Wildman–Crippen MR) is 97.7 cm³/mol. The molecule has 0 bridgehead atoms. The molecular formula is C12H13N9O7S2. The average Bonchev–Trinajstić information content (AvgIpc) is 3.28. The van der Waals surface area contributed by atoms with Crippen LogP contribution in [0.2, 0.25) is 0 Å². The van der Waals surface area contributed by atoms with E-state index in [4.69, 9.17) is 11.5 Å². The maximum absolute atomic E-state index is 12.4. The highest BCUT2D eigenvalue weighted by Gasteiger charge is 2.54. The molecule has 0 aromatic carbocycles. The van der Waals surface area contributed by atoms with Crippen LogP contribution in [0.4, 0.5) is 5.13 Å². The van der Waals surface area contributed by atoms with Crippen molar-refractivity contribution in [3.63, 3.8) is 0 Å². The lowest BCUT2D eigenvalue weighted by Crippen LogP contribution is -2.73. The van der Waals surface area contributed by atoms with E-state index in [-0.39, 0.29) is 27.5 Å². The Kier molecular flexibility index (Phi) is 5.46. The minimum absolute atomic E-state index is 0.0534. The summed E-state index contributed by atoms with van der Waals surface area (Å²) in [5.74, 6) is -3.51. The van der Waals surface area contributed by atoms with E-state index in [1.165, 1.54) is 5.38 Å². The minimum atomic E-state index is -4.97. The Bertz CT molecular complexity index is 1130. The standard InChI is InChI=1S/C12H13N9O7S2/c13-8(22)9-15-3-20(18-9)1-5-7(11(24)21(5)30(26,27)28)17-10(23)6(19-25)4-2-29-12(14)16-4/h2-3,5-7H,1H2,(H2,13,22)(H2,14,16)(H,17,23)(H,26,27,28). The van der Waals surface area contributed by atoms with E-state index < -0.39 is 46.2 Å². The normalized spacial score (nSPS) is 19.8. The molecule has 1 saturated heterocycles. The van der Waals surface area contributed by atoms with Crippen LogP contribution < -0.4 is 16.8 Å². The summed E-state index contributed by atoms with van der Waals surface area (Å²) in [5, 5.41) is 9.97. The van der Waals surface area contributed by atoms with Gasteiger partial charge < -0.3 is 16.8 Å². The number of carbonyl (C=O) groups excluding carboxylic acids is 3. The molecule has 30 heavy (non-hydrogen) atoms. The number of nitrogens with zero attached hydrogens (tertiary/aromatic N) is 6. The molecule has 3 heterocycles. The number of nitrogens with one attached hydrogen (secondary N) is 1. The summed E-state index contributed by atoms with van der Waals surface area (Å²) in [6.45, 7) is -0.389. The van der Waals surface area contributed by atoms with Gasteiger partial charge in [-0.15, -0.1) is 21.3 Å². The van der Waals surface area contributed by atoms with Gasteiger partial charge in [0, 0.05) is 5.38 Å². The van der Waals surface area contributed by atoms with Crippen molar-refractivity contribution in [2.45, 2.75) is 24.7 Å². The molecule has 3 unspecified atom stereocenters. The lowest BCUT2D eigenvalue weighted by molar-refractivity contribution is -0.146. The third-order valence-electron chi connectivity index (χ3n) is 4.02. The van der Waals surface area contributed by atoms with Gasteiger partial charge in [0.2, 0.25) is 11.9 Å². The number of nitroso groups, excluding NO2 is 1. The summed E-state index contributed by atoms with van der Waals surface area (Å²) in [6, 6.07) is -4.44. The number of thiazole rings is 1. The first-order chi connectivity index (χ1) is 14.0. The van der Waals surface area contributed by atoms with E-state index in [0.717, 1.165) is 22.3 Å². The molecule has 2 aromatic heterocycles. The molecule has 18 heteroatoms. The van der Waals surface area contributed by atoms with E-state index in [1.54, 1.807) is 0 Å².